The third-order valence-electron chi connectivity index (χ3n) is 2.44. The number of rotatable bonds is 2. The van der Waals surface area contributed by atoms with Gasteiger partial charge in [0.2, 0.25) is 0 Å². The second kappa shape index (κ2) is 6.11. The molecule has 104 valence electrons. The molecular weight excluding hydrogens is 372 g/mol. The molecule has 0 saturated carbocycles. The monoisotopic (exact) mass is 377 g/mol. The fourth-order valence-electron chi connectivity index (χ4n) is 1.53. The average molecular weight is 379 g/mol. The molecule has 2 nitrogen and oxygen atoms in total. The van der Waals surface area contributed by atoms with E-state index in [0.29, 0.717) is 4.90 Å². The molecule has 0 spiro atoms. The van der Waals surface area contributed by atoms with Crippen LogP contribution in [-0.2, 0) is 0 Å². The normalized spacial score (nSPS) is 10.4. The third kappa shape index (κ3) is 3.31. The molecule has 2 aromatic rings. The number of thiol groups is 1. The minimum atomic E-state index is -0.886. The van der Waals surface area contributed by atoms with Gasteiger partial charge in [-0.05, 0) is 30.3 Å². The average Bonchev–Trinajstić information content (AvgIpc) is 2.36. The first kappa shape index (κ1) is 15.3. The van der Waals surface area contributed by atoms with E-state index in [4.69, 9.17) is 11.6 Å². The van der Waals surface area contributed by atoms with Crippen molar-refractivity contribution in [3.8, 4) is 0 Å². The van der Waals surface area contributed by atoms with Gasteiger partial charge in [0.1, 0.15) is 5.69 Å². The Morgan fingerprint density at radius 1 is 1.20 bits per heavy atom. The number of hydrogen-bond donors (Lipinski definition) is 2. The fraction of sp³-hybridized carbons (Fsp3) is 0. The number of carbonyl (C=O) groups is 1. The van der Waals surface area contributed by atoms with Crippen LogP contribution in [0.4, 0.5) is 14.5 Å². The Bertz CT molecular complexity index is 673. The molecule has 1 amide bonds. The summed E-state index contributed by atoms with van der Waals surface area (Å²) in [6, 6.07) is 6.59. The van der Waals surface area contributed by atoms with Gasteiger partial charge in [0.25, 0.3) is 5.91 Å². The van der Waals surface area contributed by atoms with Crippen LogP contribution in [0.25, 0.3) is 0 Å². The highest BCUT2D eigenvalue weighted by molar-refractivity contribution is 9.10. The fourth-order valence-corrected chi connectivity index (χ4v) is 2.34. The summed E-state index contributed by atoms with van der Waals surface area (Å²) in [5.74, 6) is -2.49. The summed E-state index contributed by atoms with van der Waals surface area (Å²) in [6.45, 7) is 0. The van der Waals surface area contributed by atoms with E-state index in [-0.39, 0.29) is 15.1 Å². The molecule has 0 aliphatic heterocycles. The Balaban J connectivity index is 2.35. The molecule has 2 rings (SSSR count). The lowest BCUT2D eigenvalue weighted by Gasteiger charge is -2.09. The molecule has 0 fully saturated rings. The second-order valence-electron chi connectivity index (χ2n) is 3.86. The molecule has 0 saturated heterocycles. The van der Waals surface area contributed by atoms with E-state index in [2.05, 4.69) is 33.9 Å². The van der Waals surface area contributed by atoms with Gasteiger partial charge in [0, 0.05) is 9.37 Å². The van der Waals surface area contributed by atoms with Crippen molar-refractivity contribution < 1.29 is 13.6 Å². The number of carbonyl (C=O) groups excluding carboxylic acids is 1. The molecule has 0 unspecified atom stereocenters. The van der Waals surface area contributed by atoms with E-state index in [1.807, 2.05) is 0 Å². The van der Waals surface area contributed by atoms with Crippen LogP contribution in [0.5, 0.6) is 0 Å². The molecule has 7 heteroatoms. The summed E-state index contributed by atoms with van der Waals surface area (Å²) in [4.78, 5) is 12.5. The van der Waals surface area contributed by atoms with E-state index >= 15 is 0 Å². The van der Waals surface area contributed by atoms with Crippen LogP contribution < -0.4 is 5.32 Å². The number of halogens is 4. The molecule has 0 bridgehead atoms. The lowest BCUT2D eigenvalue weighted by atomic mass is 10.2. The summed E-state index contributed by atoms with van der Waals surface area (Å²) in [5, 5.41) is 2.33. The predicted octanol–water partition coefficient (Wildman–Crippen LogP) is 4.92. The van der Waals surface area contributed by atoms with Gasteiger partial charge in [0.05, 0.1) is 10.6 Å². The minimum Gasteiger partial charge on any atom is -0.317 e. The first-order valence-corrected chi connectivity index (χ1v) is 6.94. The summed E-state index contributed by atoms with van der Waals surface area (Å²) < 4.78 is 27.5. The van der Waals surface area contributed by atoms with E-state index in [9.17, 15) is 13.6 Å². The number of amides is 1. The zero-order valence-electron chi connectivity index (χ0n) is 9.75. The second-order valence-corrected chi connectivity index (χ2v) is 5.70. The van der Waals surface area contributed by atoms with Crippen LogP contribution in [0.2, 0.25) is 5.02 Å². The molecule has 1 N–H and O–H groups in total. The maximum atomic E-state index is 13.6. The Labute approximate surface area is 132 Å². The Kier molecular flexibility index (Phi) is 4.67. The molecule has 0 aromatic heterocycles. The van der Waals surface area contributed by atoms with Gasteiger partial charge in [-0.25, -0.2) is 8.78 Å². The Hall–Kier alpha value is -1.11. The quantitative estimate of drug-likeness (QED) is 0.714. The van der Waals surface area contributed by atoms with Crippen LogP contribution in [0.15, 0.2) is 39.7 Å². The summed E-state index contributed by atoms with van der Waals surface area (Å²) >= 11 is 12.9. The van der Waals surface area contributed by atoms with Crippen LogP contribution in [0, 0.1) is 11.6 Å². The lowest BCUT2D eigenvalue weighted by molar-refractivity contribution is 0.102. The smallest absolute Gasteiger partial charge is 0.257 e. The van der Waals surface area contributed by atoms with Crippen molar-refractivity contribution in [1.29, 1.82) is 0 Å². The SMILES string of the molecule is O=C(Nc1c(F)cc(Br)cc1F)c1cc(S)ccc1Cl. The maximum absolute atomic E-state index is 13.6. The first-order valence-electron chi connectivity index (χ1n) is 5.33. The van der Waals surface area contributed by atoms with Gasteiger partial charge in [-0.15, -0.1) is 12.6 Å². The van der Waals surface area contributed by atoms with Gasteiger partial charge in [-0.3, -0.25) is 4.79 Å². The first-order chi connectivity index (χ1) is 9.38. The molecular formula is C13H7BrClF2NOS. The molecule has 0 atom stereocenters. The molecule has 0 aliphatic rings. The van der Waals surface area contributed by atoms with Crippen molar-refractivity contribution in [3.63, 3.8) is 0 Å². The molecule has 0 aliphatic carbocycles. The van der Waals surface area contributed by atoms with Crippen molar-refractivity contribution in [1.82, 2.24) is 0 Å². The summed E-state index contributed by atoms with van der Waals surface area (Å²) in [7, 11) is 0. The molecule has 0 radical (unpaired) electrons. The van der Waals surface area contributed by atoms with Gasteiger partial charge in [-0.1, -0.05) is 27.5 Å². The van der Waals surface area contributed by atoms with Gasteiger partial charge in [0.15, 0.2) is 11.6 Å². The summed E-state index contributed by atoms with van der Waals surface area (Å²) in [6.07, 6.45) is 0. The standard InChI is InChI=1S/C13H7BrClF2NOS/c14-6-3-10(16)12(11(17)4-6)18-13(19)8-5-7(20)1-2-9(8)15/h1-5,20H,(H,18,19). The third-order valence-corrected chi connectivity index (χ3v) is 3.51. The molecule has 2 aromatic carbocycles. The van der Waals surface area contributed by atoms with Gasteiger partial charge >= 0.3 is 0 Å². The lowest BCUT2D eigenvalue weighted by Crippen LogP contribution is -2.15. The van der Waals surface area contributed by atoms with Crippen LogP contribution >= 0.6 is 40.2 Å². The van der Waals surface area contributed by atoms with E-state index in [1.54, 1.807) is 6.07 Å². The van der Waals surface area contributed by atoms with Crippen molar-refractivity contribution in [2.45, 2.75) is 4.90 Å². The Morgan fingerprint density at radius 2 is 1.80 bits per heavy atom. The zero-order chi connectivity index (χ0) is 14.9. The highest BCUT2D eigenvalue weighted by Crippen LogP contribution is 2.26. The maximum Gasteiger partial charge on any atom is 0.257 e. The summed E-state index contributed by atoms with van der Waals surface area (Å²) in [5.41, 5.74) is -0.445. The highest BCUT2D eigenvalue weighted by Gasteiger charge is 2.16. The van der Waals surface area contributed by atoms with E-state index in [1.165, 1.54) is 12.1 Å². The van der Waals surface area contributed by atoms with E-state index in [0.717, 1.165) is 12.1 Å². The number of anilines is 1. The zero-order valence-corrected chi connectivity index (χ0v) is 13.0. The molecule has 20 heavy (non-hydrogen) atoms. The van der Waals surface area contributed by atoms with Crippen molar-refractivity contribution >= 4 is 51.8 Å². The van der Waals surface area contributed by atoms with Crippen LogP contribution in [-0.4, -0.2) is 5.91 Å². The molecule has 0 heterocycles. The Morgan fingerprint density at radius 3 is 2.40 bits per heavy atom. The number of hydrogen-bond acceptors (Lipinski definition) is 2. The van der Waals surface area contributed by atoms with Gasteiger partial charge < -0.3 is 5.32 Å². The van der Waals surface area contributed by atoms with Crippen molar-refractivity contribution in [3.05, 3.63) is 57.0 Å². The van der Waals surface area contributed by atoms with E-state index < -0.39 is 23.2 Å². The largest absolute Gasteiger partial charge is 0.317 e. The van der Waals surface area contributed by atoms with Crippen LogP contribution in [0.1, 0.15) is 10.4 Å². The van der Waals surface area contributed by atoms with Crippen LogP contribution in [0.3, 0.4) is 0 Å². The highest BCUT2D eigenvalue weighted by atomic mass is 79.9. The van der Waals surface area contributed by atoms with Gasteiger partial charge in [-0.2, -0.15) is 0 Å². The number of nitrogens with one attached hydrogen (secondary N) is 1. The van der Waals surface area contributed by atoms with Crippen molar-refractivity contribution in [2.24, 2.45) is 0 Å². The minimum absolute atomic E-state index is 0.0842. The predicted molar refractivity (Wildman–Crippen MR) is 80.7 cm³/mol. The number of benzene rings is 2. The topological polar surface area (TPSA) is 29.1 Å². The van der Waals surface area contributed by atoms with Crippen molar-refractivity contribution in [2.75, 3.05) is 5.32 Å².